The zero-order valence-corrected chi connectivity index (χ0v) is 12.6. The molecule has 0 saturated carbocycles. The number of rotatable bonds is 13. The first-order valence-corrected chi connectivity index (χ1v) is 7.19. The summed E-state index contributed by atoms with van der Waals surface area (Å²) in [5.41, 5.74) is 0. The lowest BCUT2D eigenvalue weighted by atomic mass is 10.1. The molecule has 0 rings (SSSR count). The van der Waals surface area contributed by atoms with Gasteiger partial charge in [0.2, 0.25) is 0 Å². The van der Waals surface area contributed by atoms with Gasteiger partial charge in [0.25, 0.3) is 0 Å². The van der Waals surface area contributed by atoms with E-state index in [0.29, 0.717) is 38.7 Å². The average molecular weight is 277 g/mol. The molecule has 5 nitrogen and oxygen atoms in total. The van der Waals surface area contributed by atoms with Crippen LogP contribution < -0.4 is 5.32 Å². The first kappa shape index (κ1) is 18.8. The zero-order valence-electron chi connectivity index (χ0n) is 12.6. The number of hydrogen-bond donors (Lipinski definition) is 3. The third-order valence-corrected chi connectivity index (χ3v) is 2.87. The third kappa shape index (κ3) is 12.6. The highest BCUT2D eigenvalue weighted by Crippen LogP contribution is 2.03. The third-order valence-electron chi connectivity index (χ3n) is 2.87. The molecule has 0 aliphatic carbocycles. The summed E-state index contributed by atoms with van der Waals surface area (Å²) in [6.45, 7) is 6.53. The molecule has 0 saturated heterocycles. The molecule has 0 aromatic heterocycles. The molecule has 0 amide bonds. The van der Waals surface area contributed by atoms with Crippen molar-refractivity contribution in [3.63, 3.8) is 0 Å². The van der Waals surface area contributed by atoms with Gasteiger partial charge in [0.1, 0.15) is 0 Å². The van der Waals surface area contributed by atoms with E-state index in [-0.39, 0.29) is 12.6 Å². The summed E-state index contributed by atoms with van der Waals surface area (Å²) in [7, 11) is 1.63. The van der Waals surface area contributed by atoms with E-state index in [1.165, 1.54) is 0 Å². The maximum absolute atomic E-state index is 9.75. The van der Waals surface area contributed by atoms with Gasteiger partial charge >= 0.3 is 0 Å². The topological polar surface area (TPSA) is 71.0 Å². The largest absolute Gasteiger partial charge is 0.396 e. The van der Waals surface area contributed by atoms with E-state index < -0.39 is 6.10 Å². The fourth-order valence-corrected chi connectivity index (χ4v) is 1.78. The molecule has 0 radical (unpaired) electrons. The van der Waals surface area contributed by atoms with E-state index >= 15 is 0 Å². The van der Waals surface area contributed by atoms with E-state index in [2.05, 4.69) is 19.2 Å². The maximum atomic E-state index is 9.75. The van der Waals surface area contributed by atoms with Crippen LogP contribution in [0.3, 0.4) is 0 Å². The van der Waals surface area contributed by atoms with Crippen molar-refractivity contribution in [1.29, 1.82) is 0 Å². The number of aliphatic hydroxyl groups is 2. The molecular formula is C14H31NO4. The van der Waals surface area contributed by atoms with E-state index in [4.69, 9.17) is 14.6 Å². The average Bonchev–Trinajstić information content (AvgIpc) is 2.35. The molecule has 0 spiro atoms. The van der Waals surface area contributed by atoms with Crippen LogP contribution >= 0.6 is 0 Å². The molecule has 0 aliphatic heterocycles. The van der Waals surface area contributed by atoms with Crippen molar-refractivity contribution in [3.8, 4) is 0 Å². The summed E-state index contributed by atoms with van der Waals surface area (Å²) >= 11 is 0. The van der Waals surface area contributed by atoms with Crippen molar-refractivity contribution in [2.24, 2.45) is 5.92 Å². The summed E-state index contributed by atoms with van der Waals surface area (Å²) in [6.07, 6.45) is 2.29. The summed E-state index contributed by atoms with van der Waals surface area (Å²) in [5.74, 6) is 0.698. The highest BCUT2D eigenvalue weighted by molar-refractivity contribution is 4.68. The van der Waals surface area contributed by atoms with Crippen LogP contribution in [0, 0.1) is 5.92 Å². The van der Waals surface area contributed by atoms with Crippen LogP contribution in [0.15, 0.2) is 0 Å². The molecule has 3 N–H and O–H groups in total. The van der Waals surface area contributed by atoms with Crippen LogP contribution in [0.1, 0.15) is 33.1 Å². The number of aliphatic hydroxyl groups excluding tert-OH is 2. The van der Waals surface area contributed by atoms with Crippen molar-refractivity contribution in [2.45, 2.75) is 45.3 Å². The molecule has 0 aliphatic rings. The molecule has 0 aromatic carbocycles. The summed E-state index contributed by atoms with van der Waals surface area (Å²) < 4.78 is 10.5. The van der Waals surface area contributed by atoms with Crippen molar-refractivity contribution < 1.29 is 19.7 Å². The SMILES string of the molecule is COCC(CCO)NCC(O)COCCCC(C)C. The Kier molecular flexibility index (Phi) is 12.7. The second kappa shape index (κ2) is 12.8. The van der Waals surface area contributed by atoms with Gasteiger partial charge in [0.05, 0.1) is 19.3 Å². The van der Waals surface area contributed by atoms with Crippen LogP contribution in [0.4, 0.5) is 0 Å². The van der Waals surface area contributed by atoms with E-state index in [1.807, 2.05) is 0 Å². The second-order valence-corrected chi connectivity index (χ2v) is 5.34. The minimum Gasteiger partial charge on any atom is -0.396 e. The van der Waals surface area contributed by atoms with Gasteiger partial charge in [-0.2, -0.15) is 0 Å². The van der Waals surface area contributed by atoms with Crippen LogP contribution in [0.25, 0.3) is 0 Å². The normalized spacial score (nSPS) is 14.8. The molecule has 0 bridgehead atoms. The Morgan fingerprint density at radius 1 is 1.16 bits per heavy atom. The van der Waals surface area contributed by atoms with Crippen LogP contribution in [-0.4, -0.2) is 62.4 Å². The Morgan fingerprint density at radius 3 is 2.47 bits per heavy atom. The van der Waals surface area contributed by atoms with Gasteiger partial charge in [0.15, 0.2) is 0 Å². The summed E-state index contributed by atoms with van der Waals surface area (Å²) in [5, 5.41) is 21.8. The fourth-order valence-electron chi connectivity index (χ4n) is 1.78. The zero-order chi connectivity index (χ0) is 14.5. The number of nitrogens with one attached hydrogen (secondary N) is 1. The van der Waals surface area contributed by atoms with Crippen molar-refractivity contribution in [3.05, 3.63) is 0 Å². The molecule has 0 heterocycles. The highest BCUT2D eigenvalue weighted by Gasteiger charge is 2.10. The Labute approximate surface area is 117 Å². The number of methoxy groups -OCH3 is 1. The van der Waals surface area contributed by atoms with Crippen molar-refractivity contribution >= 4 is 0 Å². The van der Waals surface area contributed by atoms with E-state index in [0.717, 1.165) is 12.8 Å². The number of ether oxygens (including phenoxy) is 2. The fraction of sp³-hybridized carbons (Fsp3) is 1.00. The molecule has 0 aromatic rings. The van der Waals surface area contributed by atoms with E-state index in [9.17, 15) is 5.11 Å². The predicted molar refractivity (Wildman–Crippen MR) is 76.3 cm³/mol. The molecular weight excluding hydrogens is 246 g/mol. The van der Waals surface area contributed by atoms with Gasteiger partial charge in [-0.05, 0) is 25.2 Å². The second-order valence-electron chi connectivity index (χ2n) is 5.34. The van der Waals surface area contributed by atoms with Gasteiger partial charge in [-0.15, -0.1) is 0 Å². The first-order valence-electron chi connectivity index (χ1n) is 7.19. The Balaban J connectivity index is 3.53. The Hall–Kier alpha value is -0.200. The molecule has 0 fully saturated rings. The van der Waals surface area contributed by atoms with Gasteiger partial charge in [-0.25, -0.2) is 0 Å². The minimum absolute atomic E-state index is 0.0746. The van der Waals surface area contributed by atoms with Crippen LogP contribution in [0.2, 0.25) is 0 Å². The molecule has 2 atom stereocenters. The smallest absolute Gasteiger partial charge is 0.0897 e. The maximum Gasteiger partial charge on any atom is 0.0897 e. The Morgan fingerprint density at radius 2 is 1.89 bits per heavy atom. The van der Waals surface area contributed by atoms with Gasteiger partial charge < -0.3 is 25.0 Å². The van der Waals surface area contributed by atoms with Gasteiger partial charge in [-0.1, -0.05) is 13.8 Å². The molecule has 19 heavy (non-hydrogen) atoms. The monoisotopic (exact) mass is 277 g/mol. The minimum atomic E-state index is -0.517. The van der Waals surface area contributed by atoms with Gasteiger partial charge in [0, 0.05) is 32.9 Å². The lowest BCUT2D eigenvalue weighted by Crippen LogP contribution is -2.40. The standard InChI is InChI=1S/C14H31NO4/c1-12(2)5-4-8-19-11-14(17)9-15-13(6-7-16)10-18-3/h12-17H,4-11H2,1-3H3. The Bertz CT molecular complexity index is 184. The molecule has 5 heteroatoms. The number of hydrogen-bond acceptors (Lipinski definition) is 5. The van der Waals surface area contributed by atoms with Gasteiger partial charge in [-0.3, -0.25) is 0 Å². The van der Waals surface area contributed by atoms with Crippen LogP contribution in [-0.2, 0) is 9.47 Å². The van der Waals surface area contributed by atoms with Crippen molar-refractivity contribution in [2.75, 3.05) is 40.1 Å². The summed E-state index contributed by atoms with van der Waals surface area (Å²) in [6, 6.07) is 0.0746. The molecule has 2 unspecified atom stereocenters. The first-order chi connectivity index (χ1) is 9.10. The van der Waals surface area contributed by atoms with E-state index in [1.54, 1.807) is 7.11 Å². The predicted octanol–water partition coefficient (Wildman–Crippen LogP) is 0.787. The lowest BCUT2D eigenvalue weighted by Gasteiger charge is -2.19. The highest BCUT2D eigenvalue weighted by atomic mass is 16.5. The summed E-state index contributed by atoms with van der Waals surface area (Å²) in [4.78, 5) is 0. The van der Waals surface area contributed by atoms with Crippen molar-refractivity contribution in [1.82, 2.24) is 5.32 Å². The molecule has 116 valence electrons. The quantitative estimate of drug-likeness (QED) is 0.434. The lowest BCUT2D eigenvalue weighted by molar-refractivity contribution is 0.0309. The van der Waals surface area contributed by atoms with Crippen LogP contribution in [0.5, 0.6) is 0 Å².